The summed E-state index contributed by atoms with van der Waals surface area (Å²) in [7, 11) is 0. The second kappa shape index (κ2) is 5.24. The van der Waals surface area contributed by atoms with Gasteiger partial charge < -0.3 is 10.6 Å². The molecule has 1 aromatic heterocycles. The number of hydrogen-bond acceptors (Lipinski definition) is 4. The molecule has 0 saturated carbocycles. The molecule has 2 N–H and O–H groups in total. The third-order valence-electron chi connectivity index (χ3n) is 4.21. The first-order valence-corrected chi connectivity index (χ1v) is 7.01. The molecule has 3 rings (SSSR count). The third kappa shape index (κ3) is 2.35. The van der Waals surface area contributed by atoms with Crippen molar-refractivity contribution in [3.05, 3.63) is 24.0 Å². The maximum Gasteiger partial charge on any atom is 0.0560 e. The Morgan fingerprint density at radius 1 is 1.28 bits per heavy atom. The lowest BCUT2D eigenvalue weighted by Crippen LogP contribution is -2.54. The molecular formula is C14H22N4. The van der Waals surface area contributed by atoms with Crippen LogP contribution in [-0.4, -0.2) is 42.1 Å². The Labute approximate surface area is 109 Å². The van der Waals surface area contributed by atoms with Crippen LogP contribution in [0.2, 0.25) is 0 Å². The van der Waals surface area contributed by atoms with Gasteiger partial charge in [-0.1, -0.05) is 6.42 Å². The van der Waals surface area contributed by atoms with Crippen molar-refractivity contribution < 1.29 is 0 Å². The van der Waals surface area contributed by atoms with E-state index in [1.165, 1.54) is 38.0 Å². The minimum atomic E-state index is 0.525. The van der Waals surface area contributed by atoms with Crippen LogP contribution < -0.4 is 10.6 Å². The smallest absolute Gasteiger partial charge is 0.0560 e. The quantitative estimate of drug-likeness (QED) is 0.852. The maximum absolute atomic E-state index is 5.67. The van der Waals surface area contributed by atoms with E-state index in [2.05, 4.69) is 26.9 Å². The molecule has 2 saturated heterocycles. The first-order chi connectivity index (χ1) is 8.86. The molecule has 0 aliphatic carbocycles. The third-order valence-corrected chi connectivity index (χ3v) is 4.21. The number of piperazine rings is 1. The van der Waals surface area contributed by atoms with Gasteiger partial charge in [-0.25, -0.2) is 0 Å². The van der Waals surface area contributed by atoms with E-state index >= 15 is 0 Å². The number of fused-ring (bicyclic) bond motifs is 1. The summed E-state index contributed by atoms with van der Waals surface area (Å²) in [5, 5.41) is 0. The van der Waals surface area contributed by atoms with Crippen molar-refractivity contribution >= 4 is 5.69 Å². The van der Waals surface area contributed by atoms with E-state index in [-0.39, 0.29) is 0 Å². The second-order valence-electron chi connectivity index (χ2n) is 5.34. The molecule has 4 heteroatoms. The van der Waals surface area contributed by atoms with Gasteiger partial charge in [-0.05, 0) is 31.5 Å². The van der Waals surface area contributed by atoms with Gasteiger partial charge in [-0.2, -0.15) is 0 Å². The molecule has 0 bridgehead atoms. The Hall–Kier alpha value is -1.13. The molecule has 0 radical (unpaired) electrons. The molecule has 3 heterocycles. The lowest BCUT2D eigenvalue weighted by Gasteiger charge is -2.45. The molecule has 0 aromatic carbocycles. The van der Waals surface area contributed by atoms with Crippen molar-refractivity contribution in [2.24, 2.45) is 5.73 Å². The number of nitrogens with zero attached hydrogens (tertiary/aromatic N) is 3. The molecule has 1 unspecified atom stereocenters. The zero-order chi connectivity index (χ0) is 12.4. The fourth-order valence-corrected chi connectivity index (χ4v) is 3.16. The molecular weight excluding hydrogens is 224 g/mol. The van der Waals surface area contributed by atoms with Crippen LogP contribution >= 0.6 is 0 Å². The average molecular weight is 246 g/mol. The molecule has 98 valence electrons. The Bertz CT molecular complexity index is 407. The van der Waals surface area contributed by atoms with E-state index in [0.29, 0.717) is 6.54 Å². The van der Waals surface area contributed by atoms with Gasteiger partial charge in [0.2, 0.25) is 0 Å². The number of hydrogen-bond donors (Lipinski definition) is 1. The zero-order valence-corrected chi connectivity index (χ0v) is 10.9. The van der Waals surface area contributed by atoms with Crippen molar-refractivity contribution in [1.29, 1.82) is 0 Å². The Balaban J connectivity index is 1.72. The van der Waals surface area contributed by atoms with Gasteiger partial charge in [0.1, 0.15) is 0 Å². The summed E-state index contributed by atoms with van der Waals surface area (Å²) in [5.41, 5.74) is 7.94. The summed E-state index contributed by atoms with van der Waals surface area (Å²) in [6, 6.07) is 5.00. The van der Waals surface area contributed by atoms with E-state index in [0.717, 1.165) is 24.8 Å². The Morgan fingerprint density at radius 3 is 3.11 bits per heavy atom. The predicted molar refractivity (Wildman–Crippen MR) is 73.6 cm³/mol. The molecule has 0 spiro atoms. The van der Waals surface area contributed by atoms with Crippen LogP contribution in [0.15, 0.2) is 18.3 Å². The van der Waals surface area contributed by atoms with Gasteiger partial charge in [-0.15, -0.1) is 0 Å². The standard InChI is InChI=1S/C14H22N4/c15-10-12-9-13(4-5-16-12)18-8-7-17-6-2-1-3-14(17)11-18/h4-5,9,14H,1-3,6-8,10-11,15H2. The predicted octanol–water partition coefficient (Wildman–Crippen LogP) is 1.21. The van der Waals surface area contributed by atoms with Crippen molar-refractivity contribution in [2.45, 2.75) is 31.8 Å². The number of piperidine rings is 1. The molecule has 2 fully saturated rings. The highest BCUT2D eigenvalue weighted by Crippen LogP contribution is 2.24. The first-order valence-electron chi connectivity index (χ1n) is 7.01. The highest BCUT2D eigenvalue weighted by molar-refractivity contribution is 5.47. The Kier molecular flexibility index (Phi) is 3.48. The van der Waals surface area contributed by atoms with E-state index in [1.807, 2.05) is 6.20 Å². The molecule has 2 aliphatic rings. The fourth-order valence-electron chi connectivity index (χ4n) is 3.16. The lowest BCUT2D eigenvalue weighted by molar-refractivity contribution is 0.133. The monoisotopic (exact) mass is 246 g/mol. The molecule has 1 aromatic rings. The number of rotatable bonds is 2. The highest BCUT2D eigenvalue weighted by Gasteiger charge is 2.28. The van der Waals surface area contributed by atoms with E-state index in [4.69, 9.17) is 5.73 Å². The number of aromatic nitrogens is 1. The fraction of sp³-hybridized carbons (Fsp3) is 0.643. The van der Waals surface area contributed by atoms with Crippen LogP contribution in [0.25, 0.3) is 0 Å². The molecule has 0 amide bonds. The van der Waals surface area contributed by atoms with E-state index in [1.54, 1.807) is 0 Å². The van der Waals surface area contributed by atoms with Gasteiger partial charge in [0.25, 0.3) is 0 Å². The first kappa shape index (κ1) is 11.9. The second-order valence-corrected chi connectivity index (χ2v) is 5.34. The van der Waals surface area contributed by atoms with Crippen molar-refractivity contribution in [2.75, 3.05) is 31.1 Å². The minimum absolute atomic E-state index is 0.525. The molecule has 18 heavy (non-hydrogen) atoms. The maximum atomic E-state index is 5.67. The van der Waals surface area contributed by atoms with Crippen molar-refractivity contribution in [3.63, 3.8) is 0 Å². The van der Waals surface area contributed by atoms with Crippen LogP contribution in [0.4, 0.5) is 5.69 Å². The molecule has 2 aliphatic heterocycles. The number of pyridine rings is 1. The van der Waals surface area contributed by atoms with Gasteiger partial charge in [-0.3, -0.25) is 9.88 Å². The van der Waals surface area contributed by atoms with Crippen LogP contribution in [-0.2, 0) is 6.54 Å². The summed E-state index contributed by atoms with van der Waals surface area (Å²) in [5.74, 6) is 0. The molecule has 4 nitrogen and oxygen atoms in total. The summed E-state index contributed by atoms with van der Waals surface area (Å²) in [4.78, 5) is 9.42. The van der Waals surface area contributed by atoms with Gasteiger partial charge in [0.15, 0.2) is 0 Å². The van der Waals surface area contributed by atoms with Crippen LogP contribution in [0.3, 0.4) is 0 Å². The average Bonchev–Trinajstić information content (AvgIpc) is 2.47. The summed E-state index contributed by atoms with van der Waals surface area (Å²) < 4.78 is 0. The van der Waals surface area contributed by atoms with Crippen molar-refractivity contribution in [3.8, 4) is 0 Å². The summed E-state index contributed by atoms with van der Waals surface area (Å²) in [6.45, 7) is 5.31. The van der Waals surface area contributed by atoms with Crippen LogP contribution in [0.5, 0.6) is 0 Å². The van der Waals surface area contributed by atoms with E-state index in [9.17, 15) is 0 Å². The van der Waals surface area contributed by atoms with Crippen molar-refractivity contribution in [1.82, 2.24) is 9.88 Å². The van der Waals surface area contributed by atoms with Crippen LogP contribution in [0.1, 0.15) is 25.0 Å². The lowest BCUT2D eigenvalue weighted by atomic mass is 9.99. The largest absolute Gasteiger partial charge is 0.369 e. The SMILES string of the molecule is NCc1cc(N2CCN3CCCCC3C2)ccn1. The highest BCUT2D eigenvalue weighted by atomic mass is 15.3. The van der Waals surface area contributed by atoms with Crippen LogP contribution in [0, 0.1) is 0 Å². The van der Waals surface area contributed by atoms with Gasteiger partial charge in [0.05, 0.1) is 5.69 Å². The normalized spacial score (nSPS) is 24.9. The number of anilines is 1. The topological polar surface area (TPSA) is 45.4 Å². The number of nitrogens with two attached hydrogens (primary N) is 1. The van der Waals surface area contributed by atoms with E-state index < -0.39 is 0 Å². The molecule has 1 atom stereocenters. The minimum Gasteiger partial charge on any atom is -0.369 e. The van der Waals surface area contributed by atoms with Gasteiger partial charge >= 0.3 is 0 Å². The Morgan fingerprint density at radius 2 is 2.22 bits per heavy atom. The summed E-state index contributed by atoms with van der Waals surface area (Å²) >= 11 is 0. The zero-order valence-electron chi connectivity index (χ0n) is 10.9. The summed E-state index contributed by atoms with van der Waals surface area (Å²) in [6.07, 6.45) is 6.00. The van der Waals surface area contributed by atoms with Gasteiger partial charge in [0, 0.05) is 44.1 Å².